The molecule has 5 nitrogen and oxygen atoms in total. The van der Waals surface area contributed by atoms with Gasteiger partial charge in [0.2, 0.25) is 10.0 Å². The van der Waals surface area contributed by atoms with Gasteiger partial charge in [-0.1, -0.05) is 19.3 Å². The summed E-state index contributed by atoms with van der Waals surface area (Å²) in [6.07, 6.45) is 6.10. The van der Waals surface area contributed by atoms with E-state index < -0.39 is 10.0 Å². The van der Waals surface area contributed by atoms with E-state index in [0.717, 1.165) is 19.3 Å². The second kappa shape index (κ2) is 6.52. The molecule has 2 N–H and O–H groups in total. The number of hydrogen-bond acceptors (Lipinski definition) is 4. The molecule has 1 aliphatic carbocycles. The van der Waals surface area contributed by atoms with Gasteiger partial charge in [-0.25, -0.2) is 8.42 Å². The van der Waals surface area contributed by atoms with Gasteiger partial charge >= 0.3 is 0 Å². The van der Waals surface area contributed by atoms with Crippen LogP contribution in [-0.2, 0) is 14.8 Å². The normalized spacial score (nSPS) is 30.2. The highest BCUT2D eigenvalue weighted by Crippen LogP contribution is 2.31. The zero-order chi connectivity index (χ0) is 13.9. The molecule has 1 aliphatic heterocycles. The maximum atomic E-state index is 12.4. The molecule has 6 heteroatoms. The van der Waals surface area contributed by atoms with Crippen LogP contribution in [0.2, 0.25) is 0 Å². The summed E-state index contributed by atoms with van der Waals surface area (Å²) in [4.78, 5) is 0. The van der Waals surface area contributed by atoms with Crippen LogP contribution in [0.3, 0.4) is 0 Å². The molecule has 0 aromatic heterocycles. The third-order valence-corrected chi connectivity index (χ3v) is 6.53. The maximum absolute atomic E-state index is 12.4. The van der Waals surface area contributed by atoms with Crippen LogP contribution in [0.5, 0.6) is 0 Å². The predicted octanol–water partition coefficient (Wildman–Crippen LogP) is 0.945. The van der Waals surface area contributed by atoms with E-state index >= 15 is 0 Å². The molecule has 2 fully saturated rings. The average molecular weight is 290 g/mol. The summed E-state index contributed by atoms with van der Waals surface area (Å²) in [7, 11) is -1.47. The number of hydrogen-bond donors (Lipinski definition) is 1. The first-order chi connectivity index (χ1) is 9.06. The van der Waals surface area contributed by atoms with Crippen LogP contribution in [0.15, 0.2) is 0 Å². The van der Waals surface area contributed by atoms with Crippen LogP contribution in [0.25, 0.3) is 0 Å². The highest BCUT2D eigenvalue weighted by molar-refractivity contribution is 7.89. The van der Waals surface area contributed by atoms with Crippen LogP contribution in [0.4, 0.5) is 0 Å². The second-order valence-corrected chi connectivity index (χ2v) is 7.83. The van der Waals surface area contributed by atoms with Crippen LogP contribution < -0.4 is 5.73 Å². The first-order valence-corrected chi connectivity index (χ1v) is 8.90. The van der Waals surface area contributed by atoms with E-state index in [1.807, 2.05) is 0 Å². The smallest absolute Gasteiger partial charge is 0.214 e. The van der Waals surface area contributed by atoms with Gasteiger partial charge in [-0.3, -0.25) is 0 Å². The Labute approximate surface area is 116 Å². The number of nitrogens with zero attached hydrogens (tertiary/aromatic N) is 1. The number of sulfonamides is 1. The fraction of sp³-hybridized carbons (Fsp3) is 1.00. The topological polar surface area (TPSA) is 72.6 Å². The van der Waals surface area contributed by atoms with E-state index in [0.29, 0.717) is 19.0 Å². The molecule has 0 bridgehead atoms. The van der Waals surface area contributed by atoms with Gasteiger partial charge in [-0.05, 0) is 25.2 Å². The lowest BCUT2D eigenvalue weighted by atomic mass is 9.84. The van der Waals surface area contributed by atoms with E-state index in [1.54, 1.807) is 11.4 Å². The monoisotopic (exact) mass is 290 g/mol. The summed E-state index contributed by atoms with van der Waals surface area (Å²) in [5.74, 6) is 0.911. The van der Waals surface area contributed by atoms with Crippen molar-refractivity contribution in [3.05, 3.63) is 0 Å². The Morgan fingerprint density at radius 2 is 2.05 bits per heavy atom. The molecule has 112 valence electrons. The predicted molar refractivity (Wildman–Crippen MR) is 75.3 cm³/mol. The molecular weight excluding hydrogens is 264 g/mol. The average Bonchev–Trinajstić information content (AvgIpc) is 2.35. The molecule has 1 heterocycles. The molecule has 0 spiro atoms. The highest BCUT2D eigenvalue weighted by atomic mass is 32.2. The SMILES string of the molecule is COC1CCN(S(=O)(=O)CCC2CCC2)C(CN)C1. The zero-order valence-corrected chi connectivity index (χ0v) is 12.6. The Kier molecular flexibility index (Phi) is 5.22. The van der Waals surface area contributed by atoms with Gasteiger partial charge in [0.15, 0.2) is 0 Å². The number of methoxy groups -OCH3 is 1. The van der Waals surface area contributed by atoms with Crippen molar-refractivity contribution in [2.24, 2.45) is 11.7 Å². The number of piperidine rings is 1. The number of nitrogens with two attached hydrogens (primary N) is 1. The minimum Gasteiger partial charge on any atom is -0.381 e. The minimum atomic E-state index is -3.15. The minimum absolute atomic E-state index is 0.0925. The Morgan fingerprint density at radius 1 is 1.32 bits per heavy atom. The van der Waals surface area contributed by atoms with E-state index in [-0.39, 0.29) is 17.9 Å². The fourth-order valence-corrected chi connectivity index (χ4v) is 4.88. The van der Waals surface area contributed by atoms with Gasteiger partial charge in [0, 0.05) is 26.2 Å². The molecule has 2 rings (SSSR count). The fourth-order valence-electron chi connectivity index (χ4n) is 3.00. The second-order valence-electron chi connectivity index (χ2n) is 5.78. The Hall–Kier alpha value is -0.170. The molecule has 1 saturated heterocycles. The largest absolute Gasteiger partial charge is 0.381 e. The third kappa shape index (κ3) is 3.68. The van der Waals surface area contributed by atoms with Gasteiger partial charge in [0.05, 0.1) is 11.9 Å². The summed E-state index contributed by atoms with van der Waals surface area (Å²) >= 11 is 0. The van der Waals surface area contributed by atoms with E-state index in [1.165, 1.54) is 19.3 Å². The molecule has 0 aromatic carbocycles. The Balaban J connectivity index is 1.93. The molecule has 0 radical (unpaired) electrons. The number of ether oxygens (including phenoxy) is 1. The molecular formula is C13H26N2O3S. The quantitative estimate of drug-likeness (QED) is 0.790. The molecule has 2 atom stereocenters. The Bertz CT molecular complexity index is 381. The summed E-state index contributed by atoms with van der Waals surface area (Å²) in [5, 5.41) is 0. The van der Waals surface area contributed by atoms with Crippen LogP contribution in [-0.4, -0.2) is 50.8 Å². The summed E-state index contributed by atoms with van der Waals surface area (Å²) < 4.78 is 31.8. The van der Waals surface area contributed by atoms with Gasteiger partial charge in [0.25, 0.3) is 0 Å². The van der Waals surface area contributed by atoms with Crippen LogP contribution in [0.1, 0.15) is 38.5 Å². The maximum Gasteiger partial charge on any atom is 0.214 e. The van der Waals surface area contributed by atoms with Gasteiger partial charge in [-0.2, -0.15) is 4.31 Å². The Morgan fingerprint density at radius 3 is 2.58 bits per heavy atom. The summed E-state index contributed by atoms with van der Waals surface area (Å²) in [6.45, 7) is 0.926. The molecule has 2 aliphatic rings. The van der Waals surface area contributed by atoms with Gasteiger partial charge in [0.1, 0.15) is 0 Å². The molecule has 0 aromatic rings. The van der Waals surface area contributed by atoms with Crippen molar-refractivity contribution in [3.8, 4) is 0 Å². The molecule has 2 unspecified atom stereocenters. The van der Waals surface area contributed by atoms with Gasteiger partial charge < -0.3 is 10.5 Å². The molecule has 0 amide bonds. The summed E-state index contributed by atoms with van der Waals surface area (Å²) in [6, 6.07) is -0.0925. The first-order valence-electron chi connectivity index (χ1n) is 7.29. The van der Waals surface area contributed by atoms with Crippen molar-refractivity contribution < 1.29 is 13.2 Å². The molecule has 1 saturated carbocycles. The van der Waals surface area contributed by atoms with Crippen molar-refractivity contribution in [1.29, 1.82) is 0 Å². The number of rotatable bonds is 6. The lowest BCUT2D eigenvalue weighted by Crippen LogP contribution is -2.51. The van der Waals surface area contributed by atoms with Crippen molar-refractivity contribution in [2.45, 2.75) is 50.7 Å². The lowest BCUT2D eigenvalue weighted by molar-refractivity contribution is 0.0401. The van der Waals surface area contributed by atoms with E-state index in [9.17, 15) is 8.42 Å². The van der Waals surface area contributed by atoms with E-state index in [4.69, 9.17) is 10.5 Å². The first kappa shape index (κ1) is 15.2. The van der Waals surface area contributed by atoms with Crippen molar-refractivity contribution in [1.82, 2.24) is 4.31 Å². The third-order valence-electron chi connectivity index (χ3n) is 4.59. The van der Waals surface area contributed by atoms with Crippen molar-refractivity contribution >= 4 is 10.0 Å². The summed E-state index contributed by atoms with van der Waals surface area (Å²) in [5.41, 5.74) is 5.74. The van der Waals surface area contributed by atoms with Crippen LogP contribution in [0, 0.1) is 5.92 Å². The van der Waals surface area contributed by atoms with Gasteiger partial charge in [-0.15, -0.1) is 0 Å². The van der Waals surface area contributed by atoms with Crippen molar-refractivity contribution in [2.75, 3.05) is 26.0 Å². The van der Waals surface area contributed by atoms with Crippen LogP contribution >= 0.6 is 0 Å². The zero-order valence-electron chi connectivity index (χ0n) is 11.8. The van der Waals surface area contributed by atoms with Crippen molar-refractivity contribution in [3.63, 3.8) is 0 Å². The molecule has 19 heavy (non-hydrogen) atoms. The van der Waals surface area contributed by atoms with E-state index in [2.05, 4.69) is 0 Å². The lowest BCUT2D eigenvalue weighted by Gasteiger charge is -2.38. The standard InChI is InChI=1S/C13H26N2O3S/c1-18-13-5-7-15(12(9-13)10-14)19(16,17)8-6-11-3-2-4-11/h11-13H,2-10,14H2,1H3. The highest BCUT2D eigenvalue weighted by Gasteiger charge is 2.35.